The van der Waals surface area contributed by atoms with Crippen molar-refractivity contribution < 1.29 is 24.5 Å². The van der Waals surface area contributed by atoms with Gasteiger partial charge in [-0.25, -0.2) is 4.68 Å². The Bertz CT molecular complexity index is 622. The van der Waals surface area contributed by atoms with Crippen LogP contribution in [0.15, 0.2) is 35.4 Å². The molecule has 1 N–H and O–H groups in total. The van der Waals surface area contributed by atoms with Crippen LogP contribution in [0.25, 0.3) is 5.69 Å². The lowest BCUT2D eigenvalue weighted by Crippen LogP contribution is -2.06. The fourth-order valence-corrected chi connectivity index (χ4v) is 2.16. The minimum atomic E-state index is -9.65. The maximum Gasteiger partial charge on any atom is 0.310 e. The Hall–Kier alpha value is -1.68. The van der Waals surface area contributed by atoms with E-state index in [-0.39, 0.29) is 18.7 Å². The van der Waals surface area contributed by atoms with Crippen molar-refractivity contribution in [3.05, 3.63) is 36.2 Å². The van der Waals surface area contributed by atoms with Crippen molar-refractivity contribution in [2.75, 3.05) is 6.61 Å². The van der Waals surface area contributed by atoms with Crippen molar-refractivity contribution in [3.63, 3.8) is 0 Å². The van der Waals surface area contributed by atoms with Gasteiger partial charge >= 0.3 is 10.2 Å². The standard InChI is InChI=1S/C10H10F5N3OS/c11-20(12,13,14,15)10-3-1-9(2-4-10)18-7-8(5-6-19)16-17-18/h1-4,7,19H,5-6H2. The third kappa shape index (κ3) is 3.25. The summed E-state index contributed by atoms with van der Waals surface area (Å²) in [5.74, 6) is 0. The molecule has 0 radical (unpaired) electrons. The van der Waals surface area contributed by atoms with Crippen LogP contribution in [0, 0.1) is 0 Å². The van der Waals surface area contributed by atoms with E-state index in [0.29, 0.717) is 17.8 Å². The molecular formula is C10H10F5N3OS. The summed E-state index contributed by atoms with van der Waals surface area (Å²) in [6.45, 7) is -0.151. The van der Waals surface area contributed by atoms with Gasteiger partial charge in [-0.3, -0.25) is 0 Å². The van der Waals surface area contributed by atoms with Crippen LogP contribution < -0.4 is 0 Å². The van der Waals surface area contributed by atoms with E-state index in [2.05, 4.69) is 10.3 Å². The Kier molecular flexibility index (Phi) is 2.88. The van der Waals surface area contributed by atoms with E-state index in [9.17, 15) is 19.4 Å². The molecule has 112 valence electrons. The van der Waals surface area contributed by atoms with E-state index in [1.54, 1.807) is 0 Å². The Morgan fingerprint density at radius 1 is 1.05 bits per heavy atom. The molecule has 1 heterocycles. The molecule has 4 nitrogen and oxygen atoms in total. The molecule has 0 saturated carbocycles. The van der Waals surface area contributed by atoms with E-state index in [1.165, 1.54) is 6.20 Å². The lowest BCUT2D eigenvalue weighted by molar-refractivity contribution is 0.298. The molecule has 10 heteroatoms. The van der Waals surface area contributed by atoms with Gasteiger partial charge in [-0.1, -0.05) is 24.6 Å². The Morgan fingerprint density at radius 3 is 2.15 bits per heavy atom. The second-order valence-corrected chi connectivity index (χ2v) is 6.50. The predicted molar refractivity (Wildman–Crippen MR) is 63.5 cm³/mol. The van der Waals surface area contributed by atoms with E-state index in [4.69, 9.17) is 5.11 Å². The lowest BCUT2D eigenvalue weighted by Gasteiger charge is -2.40. The number of aliphatic hydroxyl groups excluding tert-OH is 1. The second kappa shape index (κ2) is 3.92. The molecule has 20 heavy (non-hydrogen) atoms. The molecule has 2 rings (SSSR count). The number of aliphatic hydroxyl groups is 1. The van der Waals surface area contributed by atoms with Gasteiger partial charge in [0.15, 0.2) is 0 Å². The zero-order chi connectivity index (χ0) is 15.1. The van der Waals surface area contributed by atoms with Gasteiger partial charge in [-0.2, -0.15) is 0 Å². The average molecular weight is 315 g/mol. The van der Waals surface area contributed by atoms with Gasteiger partial charge < -0.3 is 5.11 Å². The summed E-state index contributed by atoms with van der Waals surface area (Å²) in [6, 6.07) is 2.38. The number of hydrogen-bond donors (Lipinski definition) is 1. The Balaban J connectivity index is 2.33. The first-order valence-electron chi connectivity index (χ1n) is 5.36. The van der Waals surface area contributed by atoms with E-state index in [1.807, 2.05) is 0 Å². The maximum absolute atomic E-state index is 12.5. The normalized spacial score (nSPS) is 15.7. The summed E-state index contributed by atoms with van der Waals surface area (Å²) in [6.07, 6.45) is 1.63. The van der Waals surface area contributed by atoms with Gasteiger partial charge in [0.1, 0.15) is 4.90 Å². The number of nitrogens with zero attached hydrogens (tertiary/aromatic N) is 3. The summed E-state index contributed by atoms with van der Waals surface area (Å²) < 4.78 is 63.8. The van der Waals surface area contributed by atoms with E-state index >= 15 is 0 Å². The van der Waals surface area contributed by atoms with Gasteiger partial charge in [0.2, 0.25) is 0 Å². The van der Waals surface area contributed by atoms with Crippen molar-refractivity contribution in [1.29, 1.82) is 0 Å². The number of halogens is 5. The molecule has 0 aliphatic rings. The number of hydrogen-bond acceptors (Lipinski definition) is 3. The minimum Gasteiger partial charge on any atom is -0.396 e. The molecule has 0 aliphatic carbocycles. The molecule has 1 aromatic carbocycles. The van der Waals surface area contributed by atoms with Gasteiger partial charge in [0, 0.05) is 13.0 Å². The summed E-state index contributed by atoms with van der Waals surface area (Å²) in [7, 11) is -9.65. The van der Waals surface area contributed by atoms with Gasteiger partial charge in [0.25, 0.3) is 0 Å². The lowest BCUT2D eigenvalue weighted by atomic mass is 10.3. The van der Waals surface area contributed by atoms with Crippen LogP contribution in [0.2, 0.25) is 0 Å². The molecule has 0 bridgehead atoms. The maximum atomic E-state index is 12.5. The molecule has 2 aromatic rings. The van der Waals surface area contributed by atoms with Crippen molar-refractivity contribution >= 4 is 10.2 Å². The highest BCUT2D eigenvalue weighted by Crippen LogP contribution is 3.02. The third-order valence-electron chi connectivity index (χ3n) is 2.46. The Morgan fingerprint density at radius 2 is 1.65 bits per heavy atom. The first kappa shape index (κ1) is 14.7. The SMILES string of the molecule is OCCc1cn(-c2ccc(S(F)(F)(F)(F)F)cc2)nn1. The molecule has 0 aliphatic heterocycles. The van der Waals surface area contributed by atoms with Crippen LogP contribution in [-0.2, 0) is 6.42 Å². The summed E-state index contributed by atoms with van der Waals surface area (Å²) in [5.41, 5.74) is 0.594. The van der Waals surface area contributed by atoms with Crippen molar-refractivity contribution in [2.24, 2.45) is 0 Å². The topological polar surface area (TPSA) is 50.9 Å². The first-order chi connectivity index (χ1) is 8.99. The average Bonchev–Trinajstić information content (AvgIpc) is 2.75. The molecule has 0 saturated heterocycles. The van der Waals surface area contributed by atoms with Crippen LogP contribution in [0.3, 0.4) is 0 Å². The van der Waals surface area contributed by atoms with Gasteiger partial charge in [-0.05, 0) is 24.3 Å². The summed E-state index contributed by atoms with van der Waals surface area (Å²) in [5, 5.41) is 16.0. The van der Waals surface area contributed by atoms with Crippen molar-refractivity contribution in [1.82, 2.24) is 15.0 Å². The summed E-state index contributed by atoms with van der Waals surface area (Å²) in [4.78, 5) is -1.95. The number of rotatable bonds is 4. The summed E-state index contributed by atoms with van der Waals surface area (Å²) >= 11 is 0. The molecular weight excluding hydrogens is 305 g/mol. The number of benzene rings is 1. The molecule has 0 fully saturated rings. The Labute approximate surface area is 110 Å². The van der Waals surface area contributed by atoms with Gasteiger partial charge in [0.05, 0.1) is 17.6 Å². The van der Waals surface area contributed by atoms with Crippen LogP contribution in [0.1, 0.15) is 5.69 Å². The first-order valence-corrected chi connectivity index (χ1v) is 7.31. The van der Waals surface area contributed by atoms with Crippen LogP contribution in [0.5, 0.6) is 0 Å². The highest BCUT2D eigenvalue weighted by atomic mass is 32.5. The van der Waals surface area contributed by atoms with E-state index < -0.39 is 15.1 Å². The largest absolute Gasteiger partial charge is 0.396 e. The monoisotopic (exact) mass is 315 g/mol. The number of aromatic nitrogens is 3. The van der Waals surface area contributed by atoms with Crippen molar-refractivity contribution in [3.8, 4) is 5.69 Å². The molecule has 1 aromatic heterocycles. The fourth-order valence-electron chi connectivity index (χ4n) is 1.51. The molecule has 0 amide bonds. The molecule has 0 atom stereocenters. The zero-order valence-electron chi connectivity index (χ0n) is 9.89. The smallest absolute Gasteiger partial charge is 0.310 e. The molecule has 0 spiro atoms. The second-order valence-electron chi connectivity index (χ2n) is 4.09. The highest BCUT2D eigenvalue weighted by molar-refractivity contribution is 8.45. The van der Waals surface area contributed by atoms with Crippen LogP contribution >= 0.6 is 10.2 Å². The highest BCUT2D eigenvalue weighted by Gasteiger charge is 2.65. The van der Waals surface area contributed by atoms with Crippen LogP contribution in [0.4, 0.5) is 19.4 Å². The predicted octanol–water partition coefficient (Wildman–Crippen LogP) is 3.46. The minimum absolute atomic E-state index is 0.151. The quantitative estimate of drug-likeness (QED) is 0.879. The van der Waals surface area contributed by atoms with Gasteiger partial charge in [-0.15, -0.1) is 5.10 Å². The zero-order valence-corrected chi connectivity index (χ0v) is 10.7. The van der Waals surface area contributed by atoms with Crippen LogP contribution in [-0.4, -0.2) is 26.7 Å². The molecule has 0 unspecified atom stereocenters. The fraction of sp³-hybridized carbons (Fsp3) is 0.200. The third-order valence-corrected chi connectivity index (χ3v) is 3.62. The van der Waals surface area contributed by atoms with E-state index in [0.717, 1.165) is 16.8 Å². The van der Waals surface area contributed by atoms with Crippen molar-refractivity contribution in [2.45, 2.75) is 11.3 Å².